The molecule has 2 aromatic rings. The van der Waals surface area contributed by atoms with Gasteiger partial charge < -0.3 is 9.64 Å². The van der Waals surface area contributed by atoms with Gasteiger partial charge in [-0.2, -0.15) is 0 Å². The molecule has 0 saturated carbocycles. The Labute approximate surface area is 162 Å². The number of carbonyl (C=O) groups excluding carboxylic acids is 2. The van der Waals surface area contributed by atoms with Gasteiger partial charge in [0.25, 0.3) is 5.91 Å². The van der Waals surface area contributed by atoms with E-state index in [9.17, 15) is 18.4 Å². The molecule has 2 aliphatic heterocycles. The van der Waals surface area contributed by atoms with Gasteiger partial charge in [-0.15, -0.1) is 0 Å². The van der Waals surface area contributed by atoms with Gasteiger partial charge in [-0.1, -0.05) is 6.07 Å². The number of halogens is 2. The number of rotatable bonds is 1. The number of aryl methyl sites for hydroxylation is 1. The molecule has 0 N–H and O–H groups in total. The molecule has 0 aliphatic carbocycles. The van der Waals surface area contributed by atoms with Crippen molar-refractivity contribution in [2.45, 2.75) is 38.7 Å². The number of ether oxygens (including phenoxy) is 1. The van der Waals surface area contributed by atoms with Crippen molar-refractivity contribution < 1.29 is 23.1 Å². The highest BCUT2D eigenvalue weighted by molar-refractivity contribution is 6.01. The molecule has 6 heteroatoms. The Hall–Kier alpha value is -2.76. The Kier molecular flexibility index (Phi) is 4.44. The number of amides is 1. The molecule has 1 saturated heterocycles. The number of fused-ring (bicyclic) bond motifs is 1. The molecule has 2 aliphatic rings. The fourth-order valence-electron chi connectivity index (χ4n) is 4.01. The number of carbonyl (C=O) groups is 2. The van der Waals surface area contributed by atoms with Crippen LogP contribution in [0.15, 0.2) is 30.3 Å². The fourth-order valence-corrected chi connectivity index (χ4v) is 4.01. The quantitative estimate of drug-likeness (QED) is 0.738. The van der Waals surface area contributed by atoms with Crippen LogP contribution in [0.2, 0.25) is 0 Å². The highest BCUT2D eigenvalue weighted by atomic mass is 19.1. The van der Waals surface area contributed by atoms with Crippen molar-refractivity contribution >= 4 is 11.7 Å². The molecule has 2 heterocycles. The summed E-state index contributed by atoms with van der Waals surface area (Å²) in [5.41, 5.74) is 1.84. The van der Waals surface area contributed by atoms with Crippen LogP contribution in [0.5, 0.6) is 5.75 Å². The summed E-state index contributed by atoms with van der Waals surface area (Å²) in [6.45, 7) is 4.62. The molecule has 0 atom stereocenters. The van der Waals surface area contributed by atoms with E-state index in [1.54, 1.807) is 0 Å². The molecule has 146 valence electrons. The van der Waals surface area contributed by atoms with Gasteiger partial charge in [0, 0.05) is 32.0 Å². The van der Waals surface area contributed by atoms with Gasteiger partial charge in [-0.3, -0.25) is 9.59 Å². The summed E-state index contributed by atoms with van der Waals surface area (Å²) in [6, 6.07) is 6.69. The summed E-state index contributed by atoms with van der Waals surface area (Å²) in [6.07, 6.45) is 1.25. The van der Waals surface area contributed by atoms with Crippen molar-refractivity contribution in [3.05, 3.63) is 64.2 Å². The zero-order valence-corrected chi connectivity index (χ0v) is 15.9. The molecule has 1 fully saturated rings. The number of benzene rings is 2. The maximum atomic E-state index is 13.9. The Morgan fingerprint density at radius 3 is 2.50 bits per heavy atom. The van der Waals surface area contributed by atoms with E-state index in [0.29, 0.717) is 43.3 Å². The van der Waals surface area contributed by atoms with E-state index < -0.39 is 23.1 Å². The van der Waals surface area contributed by atoms with Crippen LogP contribution in [0.25, 0.3) is 0 Å². The lowest BCUT2D eigenvalue weighted by molar-refractivity contribution is -0.00628. The Morgan fingerprint density at radius 1 is 1.11 bits per heavy atom. The lowest BCUT2D eigenvalue weighted by Gasteiger charge is -2.44. The number of hydrogen-bond acceptors (Lipinski definition) is 3. The predicted octanol–water partition coefficient (Wildman–Crippen LogP) is 4.22. The number of Topliss-reactive ketones (excluding diaryl/α,β-unsaturated/α-hetero) is 1. The standard InChI is InChI=1S/C22H21F2NO3/c1-13-3-5-17-19(26)12-22(28-20(17)14(13)2)7-9-25(10-8-22)21(27)16-6-4-15(23)11-18(16)24/h3-6,11H,7-10,12H2,1-2H3. The van der Waals surface area contributed by atoms with Gasteiger partial charge in [0.05, 0.1) is 17.5 Å². The molecule has 0 radical (unpaired) electrons. The SMILES string of the molecule is Cc1ccc2c(c1C)OC1(CCN(C(=O)c3ccc(F)cc3F)CC1)CC2=O. The molecule has 1 spiro atoms. The van der Waals surface area contributed by atoms with E-state index in [4.69, 9.17) is 4.74 Å². The first-order valence-electron chi connectivity index (χ1n) is 9.36. The third kappa shape index (κ3) is 3.07. The zero-order chi connectivity index (χ0) is 20.1. The minimum atomic E-state index is -0.866. The second kappa shape index (κ2) is 6.69. The normalized spacial score (nSPS) is 18.0. The maximum absolute atomic E-state index is 13.9. The van der Waals surface area contributed by atoms with Crippen molar-refractivity contribution in [2.75, 3.05) is 13.1 Å². The average molecular weight is 385 g/mol. The smallest absolute Gasteiger partial charge is 0.256 e. The predicted molar refractivity (Wildman–Crippen MR) is 99.7 cm³/mol. The molecular weight excluding hydrogens is 364 g/mol. The number of nitrogens with zero attached hydrogens (tertiary/aromatic N) is 1. The first kappa shape index (κ1) is 18.6. The van der Waals surface area contributed by atoms with E-state index in [1.165, 1.54) is 11.0 Å². The van der Waals surface area contributed by atoms with Gasteiger partial charge in [0.1, 0.15) is 23.0 Å². The maximum Gasteiger partial charge on any atom is 0.256 e. The largest absolute Gasteiger partial charge is 0.486 e. The second-order valence-corrected chi connectivity index (χ2v) is 7.69. The van der Waals surface area contributed by atoms with E-state index in [2.05, 4.69) is 0 Å². The van der Waals surface area contributed by atoms with Crippen molar-refractivity contribution in [2.24, 2.45) is 0 Å². The molecular formula is C22H21F2NO3. The first-order chi connectivity index (χ1) is 13.3. The monoisotopic (exact) mass is 385 g/mol. The Bertz CT molecular complexity index is 978. The van der Waals surface area contributed by atoms with Crippen LogP contribution in [-0.4, -0.2) is 35.3 Å². The van der Waals surface area contributed by atoms with Gasteiger partial charge in [0.2, 0.25) is 0 Å². The van der Waals surface area contributed by atoms with Crippen molar-refractivity contribution in [3.8, 4) is 5.75 Å². The van der Waals surface area contributed by atoms with Crippen molar-refractivity contribution in [1.29, 1.82) is 0 Å². The zero-order valence-electron chi connectivity index (χ0n) is 15.9. The lowest BCUT2D eigenvalue weighted by atomic mass is 9.81. The van der Waals surface area contributed by atoms with E-state index in [1.807, 2.05) is 26.0 Å². The van der Waals surface area contributed by atoms with Crippen LogP contribution < -0.4 is 4.74 Å². The molecule has 0 aromatic heterocycles. The van der Waals surface area contributed by atoms with E-state index in [0.717, 1.165) is 17.2 Å². The van der Waals surface area contributed by atoms with Gasteiger partial charge >= 0.3 is 0 Å². The Balaban J connectivity index is 1.53. The average Bonchev–Trinajstić information content (AvgIpc) is 2.65. The first-order valence-corrected chi connectivity index (χ1v) is 9.36. The van der Waals surface area contributed by atoms with Crippen LogP contribution in [0.4, 0.5) is 8.78 Å². The summed E-state index contributed by atoms with van der Waals surface area (Å²) in [5, 5.41) is 0. The fraction of sp³-hybridized carbons (Fsp3) is 0.364. The summed E-state index contributed by atoms with van der Waals surface area (Å²) in [7, 11) is 0. The highest BCUT2D eigenvalue weighted by Gasteiger charge is 2.44. The Morgan fingerprint density at radius 2 is 1.82 bits per heavy atom. The number of piperidine rings is 1. The topological polar surface area (TPSA) is 46.6 Å². The van der Waals surface area contributed by atoms with Crippen LogP contribution in [0, 0.1) is 25.5 Å². The van der Waals surface area contributed by atoms with Crippen LogP contribution in [0.3, 0.4) is 0 Å². The number of hydrogen-bond donors (Lipinski definition) is 0. The summed E-state index contributed by atoms with van der Waals surface area (Å²) in [4.78, 5) is 26.8. The van der Waals surface area contributed by atoms with Crippen LogP contribution in [-0.2, 0) is 0 Å². The minimum absolute atomic E-state index is 0.0497. The van der Waals surface area contributed by atoms with Crippen molar-refractivity contribution in [3.63, 3.8) is 0 Å². The molecule has 4 rings (SSSR count). The third-order valence-corrected chi connectivity index (χ3v) is 5.90. The van der Waals surface area contributed by atoms with Gasteiger partial charge in [-0.25, -0.2) is 8.78 Å². The lowest BCUT2D eigenvalue weighted by Crippen LogP contribution is -2.52. The van der Waals surface area contributed by atoms with Crippen molar-refractivity contribution in [1.82, 2.24) is 4.90 Å². The molecule has 28 heavy (non-hydrogen) atoms. The second-order valence-electron chi connectivity index (χ2n) is 7.69. The van der Waals surface area contributed by atoms with E-state index in [-0.39, 0.29) is 17.8 Å². The highest BCUT2D eigenvalue weighted by Crippen LogP contribution is 2.41. The van der Waals surface area contributed by atoms with Gasteiger partial charge in [-0.05, 0) is 43.2 Å². The summed E-state index contributed by atoms with van der Waals surface area (Å²) in [5.74, 6) is -1.37. The number of likely N-dealkylation sites (tertiary alicyclic amines) is 1. The summed E-state index contributed by atoms with van der Waals surface area (Å²) < 4.78 is 33.4. The molecule has 2 aromatic carbocycles. The van der Waals surface area contributed by atoms with E-state index >= 15 is 0 Å². The van der Waals surface area contributed by atoms with Crippen LogP contribution >= 0.6 is 0 Å². The summed E-state index contributed by atoms with van der Waals surface area (Å²) >= 11 is 0. The molecule has 1 amide bonds. The minimum Gasteiger partial charge on any atom is -0.486 e. The van der Waals surface area contributed by atoms with Crippen LogP contribution in [0.1, 0.15) is 51.1 Å². The molecule has 4 nitrogen and oxygen atoms in total. The van der Waals surface area contributed by atoms with Gasteiger partial charge in [0.15, 0.2) is 5.78 Å². The number of ketones is 1. The molecule has 0 unspecified atom stereocenters. The third-order valence-electron chi connectivity index (χ3n) is 5.90. The molecule has 0 bridgehead atoms.